The molecule has 114 valence electrons. The molecule has 0 aromatic heterocycles. The Hall–Kier alpha value is -1.68. The number of hydrogen-bond donors (Lipinski definition) is 2. The van der Waals surface area contributed by atoms with Gasteiger partial charge in [-0.1, -0.05) is 37.9 Å². The van der Waals surface area contributed by atoms with Crippen molar-refractivity contribution in [3.05, 3.63) is 28.3 Å². The van der Waals surface area contributed by atoms with Crippen LogP contribution in [0.4, 0.5) is 11.4 Å². The largest absolute Gasteiger partial charge is 0.489 e. The summed E-state index contributed by atoms with van der Waals surface area (Å²) < 4.78 is 4.93. The Kier molecular flexibility index (Phi) is 6.09. The van der Waals surface area contributed by atoms with Gasteiger partial charge in [-0.05, 0) is 6.07 Å². The molecular weight excluding hydrogens is 416 g/mol. The highest BCUT2D eigenvalue weighted by Gasteiger charge is 2.30. The first-order valence-corrected chi connectivity index (χ1v) is 7.26. The SMILES string of the molecule is COc1c(NC(=O)C(Br)C(Br)C(=O)O)cccc1[N+](=O)[O-]. The fourth-order valence-electron chi connectivity index (χ4n) is 1.44. The number of nitrogens with zero attached hydrogens (tertiary/aromatic N) is 1. The van der Waals surface area contributed by atoms with E-state index in [0.29, 0.717) is 0 Å². The molecule has 0 aliphatic heterocycles. The molecule has 0 aliphatic carbocycles. The third-order valence-electron chi connectivity index (χ3n) is 2.40. The number of amides is 1. The molecule has 0 heterocycles. The molecule has 2 atom stereocenters. The maximum absolute atomic E-state index is 11.9. The lowest BCUT2D eigenvalue weighted by Crippen LogP contribution is -2.34. The number of aliphatic carboxylic acids is 1. The first-order chi connectivity index (χ1) is 9.79. The number of anilines is 1. The van der Waals surface area contributed by atoms with Gasteiger partial charge in [-0.2, -0.15) is 0 Å². The molecule has 1 aromatic rings. The lowest BCUT2D eigenvalue weighted by Gasteiger charge is -2.15. The van der Waals surface area contributed by atoms with E-state index in [1.165, 1.54) is 25.3 Å². The van der Waals surface area contributed by atoms with Gasteiger partial charge in [-0.25, -0.2) is 0 Å². The van der Waals surface area contributed by atoms with Crippen LogP contribution >= 0.6 is 31.9 Å². The minimum Gasteiger partial charge on any atom is -0.489 e. The number of carbonyl (C=O) groups is 2. The summed E-state index contributed by atoms with van der Waals surface area (Å²) in [5.41, 5.74) is -0.235. The van der Waals surface area contributed by atoms with Crippen LogP contribution in [0.1, 0.15) is 0 Å². The smallest absolute Gasteiger partial charge is 0.318 e. The van der Waals surface area contributed by atoms with Crippen LogP contribution < -0.4 is 10.1 Å². The zero-order valence-corrected chi connectivity index (χ0v) is 13.8. The lowest BCUT2D eigenvalue weighted by molar-refractivity contribution is -0.385. The maximum atomic E-state index is 11.9. The van der Waals surface area contributed by atoms with Crippen LogP contribution in [0.15, 0.2) is 18.2 Å². The van der Waals surface area contributed by atoms with Crippen LogP contribution in [-0.2, 0) is 9.59 Å². The van der Waals surface area contributed by atoms with E-state index in [2.05, 4.69) is 37.2 Å². The van der Waals surface area contributed by atoms with Gasteiger partial charge in [0.15, 0.2) is 0 Å². The van der Waals surface area contributed by atoms with Gasteiger partial charge in [0.2, 0.25) is 11.7 Å². The van der Waals surface area contributed by atoms with Gasteiger partial charge in [0.05, 0.1) is 17.7 Å². The third kappa shape index (κ3) is 4.14. The second kappa shape index (κ2) is 7.36. The molecular formula is C11H10Br2N2O6. The van der Waals surface area contributed by atoms with Crippen LogP contribution in [-0.4, -0.2) is 38.7 Å². The monoisotopic (exact) mass is 424 g/mol. The summed E-state index contributed by atoms with van der Waals surface area (Å²) >= 11 is 5.79. The van der Waals surface area contributed by atoms with E-state index in [9.17, 15) is 19.7 Å². The number of alkyl halides is 2. The molecule has 2 N–H and O–H groups in total. The van der Waals surface area contributed by atoms with Gasteiger partial charge in [0, 0.05) is 6.07 Å². The average Bonchev–Trinajstić information content (AvgIpc) is 2.44. The predicted molar refractivity (Wildman–Crippen MR) is 81.3 cm³/mol. The number of ether oxygens (including phenoxy) is 1. The number of benzene rings is 1. The molecule has 0 fully saturated rings. The molecule has 21 heavy (non-hydrogen) atoms. The molecule has 10 heteroatoms. The number of methoxy groups -OCH3 is 1. The number of carbonyl (C=O) groups excluding carboxylic acids is 1. The zero-order chi connectivity index (χ0) is 16.2. The van der Waals surface area contributed by atoms with Crippen LogP contribution in [0, 0.1) is 10.1 Å². The van der Waals surface area contributed by atoms with Gasteiger partial charge >= 0.3 is 11.7 Å². The van der Waals surface area contributed by atoms with Crippen molar-refractivity contribution < 1.29 is 24.4 Å². The zero-order valence-electron chi connectivity index (χ0n) is 10.6. The van der Waals surface area contributed by atoms with E-state index in [4.69, 9.17) is 9.84 Å². The highest BCUT2D eigenvalue weighted by molar-refractivity contribution is 9.12. The number of halogens is 2. The van der Waals surface area contributed by atoms with E-state index in [-0.39, 0.29) is 17.1 Å². The summed E-state index contributed by atoms with van der Waals surface area (Å²) in [7, 11) is 1.23. The number of rotatable bonds is 6. The minimum absolute atomic E-state index is 0.0752. The molecule has 0 bridgehead atoms. The van der Waals surface area contributed by atoms with Crippen molar-refractivity contribution in [2.75, 3.05) is 12.4 Å². The number of nitro benzene ring substituents is 1. The van der Waals surface area contributed by atoms with Crippen molar-refractivity contribution in [1.82, 2.24) is 0 Å². The molecule has 0 spiro atoms. The molecule has 0 saturated heterocycles. The van der Waals surface area contributed by atoms with Gasteiger partial charge in [0.25, 0.3) is 0 Å². The Morgan fingerprint density at radius 3 is 2.48 bits per heavy atom. The second-order valence-electron chi connectivity index (χ2n) is 3.75. The highest BCUT2D eigenvalue weighted by atomic mass is 79.9. The van der Waals surface area contributed by atoms with Crippen molar-refractivity contribution in [1.29, 1.82) is 0 Å². The number of carboxylic acids is 1. The Morgan fingerprint density at radius 1 is 1.38 bits per heavy atom. The maximum Gasteiger partial charge on any atom is 0.318 e. The van der Waals surface area contributed by atoms with Gasteiger partial charge < -0.3 is 15.2 Å². The first kappa shape index (κ1) is 17.4. The molecule has 8 nitrogen and oxygen atoms in total. The minimum atomic E-state index is -1.22. The predicted octanol–water partition coefficient (Wildman–Crippen LogP) is 2.15. The van der Waals surface area contributed by atoms with Crippen LogP contribution in [0.2, 0.25) is 0 Å². The topological polar surface area (TPSA) is 119 Å². The quantitative estimate of drug-likeness (QED) is 0.409. The Bertz CT molecular complexity index is 580. The summed E-state index contributed by atoms with van der Waals surface area (Å²) in [6.45, 7) is 0. The summed E-state index contributed by atoms with van der Waals surface area (Å²) in [4.78, 5) is 30.7. The number of hydrogen-bond acceptors (Lipinski definition) is 5. The highest BCUT2D eigenvalue weighted by Crippen LogP contribution is 2.34. The molecule has 1 amide bonds. The number of para-hydroxylation sites is 1. The van der Waals surface area contributed by atoms with Crippen molar-refractivity contribution >= 4 is 55.1 Å². The van der Waals surface area contributed by atoms with Crippen LogP contribution in [0.3, 0.4) is 0 Å². The fraction of sp³-hybridized carbons (Fsp3) is 0.273. The molecule has 0 radical (unpaired) electrons. The van der Waals surface area contributed by atoms with Crippen LogP contribution in [0.25, 0.3) is 0 Å². The Balaban J connectivity index is 3.03. The van der Waals surface area contributed by atoms with E-state index < -0.39 is 26.5 Å². The van der Waals surface area contributed by atoms with Gasteiger partial charge in [-0.3, -0.25) is 19.7 Å². The Labute approximate surface area is 135 Å². The van der Waals surface area contributed by atoms with Gasteiger partial charge in [0.1, 0.15) is 9.65 Å². The second-order valence-corrected chi connectivity index (χ2v) is 5.72. The first-order valence-electron chi connectivity index (χ1n) is 5.42. The summed E-state index contributed by atoms with van der Waals surface area (Å²) in [5.74, 6) is -2.02. The summed E-state index contributed by atoms with van der Waals surface area (Å²) in [5, 5.41) is 22.1. The van der Waals surface area contributed by atoms with E-state index in [0.717, 1.165) is 0 Å². The summed E-state index contributed by atoms with van der Waals surface area (Å²) in [6, 6.07) is 4.01. The Morgan fingerprint density at radius 2 is 2.00 bits per heavy atom. The van der Waals surface area contributed by atoms with E-state index in [1.54, 1.807) is 0 Å². The summed E-state index contributed by atoms with van der Waals surface area (Å²) in [6.07, 6.45) is 0. The molecule has 2 unspecified atom stereocenters. The molecule has 0 saturated carbocycles. The standard InChI is InChI=1S/C11H10Br2N2O6/c1-21-9-5(3-2-4-6(9)15(19)20)14-10(16)7(12)8(13)11(17)18/h2-4,7-8H,1H3,(H,14,16)(H,17,18). The average molecular weight is 426 g/mol. The number of nitro groups is 1. The normalized spacial score (nSPS) is 13.1. The fourth-order valence-corrected chi connectivity index (χ4v) is 2.02. The molecule has 1 aromatic carbocycles. The number of carboxylic acid groups (broad SMARTS) is 1. The number of nitrogens with one attached hydrogen (secondary N) is 1. The van der Waals surface area contributed by atoms with Crippen molar-refractivity contribution in [3.8, 4) is 5.75 Å². The van der Waals surface area contributed by atoms with E-state index >= 15 is 0 Å². The van der Waals surface area contributed by atoms with Crippen LogP contribution in [0.5, 0.6) is 5.75 Å². The lowest BCUT2D eigenvalue weighted by atomic mass is 10.2. The van der Waals surface area contributed by atoms with Crippen molar-refractivity contribution in [3.63, 3.8) is 0 Å². The van der Waals surface area contributed by atoms with Gasteiger partial charge in [-0.15, -0.1) is 0 Å². The molecule has 1 rings (SSSR count). The van der Waals surface area contributed by atoms with Crippen molar-refractivity contribution in [2.24, 2.45) is 0 Å². The third-order valence-corrected chi connectivity index (χ3v) is 4.97. The van der Waals surface area contributed by atoms with Crippen molar-refractivity contribution in [2.45, 2.75) is 9.65 Å². The van der Waals surface area contributed by atoms with E-state index in [1.807, 2.05) is 0 Å². The molecule has 0 aliphatic rings.